The van der Waals surface area contributed by atoms with Crippen molar-refractivity contribution in [1.82, 2.24) is 4.57 Å². The third-order valence-electron chi connectivity index (χ3n) is 10.9. The third-order valence-corrected chi connectivity index (χ3v) is 10.9. The zero-order valence-electron chi connectivity index (χ0n) is 30.5. The van der Waals surface area contributed by atoms with Crippen LogP contribution in [0.1, 0.15) is 0 Å². The smallest absolute Gasteiger partial charge is 0.152 e. The molecule has 0 atom stereocenters. The van der Waals surface area contributed by atoms with Crippen molar-refractivity contribution < 1.29 is 4.74 Å². The first-order valence-electron chi connectivity index (χ1n) is 19.0. The Morgan fingerprint density at radius 2 is 1.00 bits per heavy atom. The zero-order chi connectivity index (χ0) is 37.0. The number of fused-ring (bicyclic) bond motifs is 6. The molecule has 0 bridgehead atoms. The standard InChI is InChI=1S/C52H35N3O/c1-3-16-39(17-4-1)54-47-22-10-9-21-44(47)45-35-42(31-33-48(45)54)53(46-24-13-15-37-14-7-8-20-43(37)46)41-29-26-36(27-30-41)38-28-32-50-52(34-38)56-51-25-12-11-23-49(51)55(50)40-18-5-2-6-19-40/h1-35H. The van der Waals surface area contributed by atoms with Gasteiger partial charge < -0.3 is 19.1 Å². The van der Waals surface area contributed by atoms with Crippen molar-refractivity contribution in [2.45, 2.75) is 0 Å². The maximum atomic E-state index is 6.55. The number of rotatable bonds is 6. The molecule has 4 nitrogen and oxygen atoms in total. The maximum Gasteiger partial charge on any atom is 0.152 e. The molecular weight excluding hydrogens is 683 g/mol. The highest BCUT2D eigenvalue weighted by Crippen LogP contribution is 2.51. The fraction of sp³-hybridized carbons (Fsp3) is 0. The van der Waals surface area contributed by atoms with Crippen LogP contribution in [0.15, 0.2) is 212 Å². The van der Waals surface area contributed by atoms with E-state index in [9.17, 15) is 0 Å². The molecule has 1 aromatic heterocycles. The van der Waals surface area contributed by atoms with Crippen LogP contribution < -0.4 is 14.5 Å². The minimum atomic E-state index is 0.828. The second-order valence-corrected chi connectivity index (χ2v) is 14.2. The van der Waals surface area contributed by atoms with E-state index in [2.05, 4.69) is 208 Å². The van der Waals surface area contributed by atoms with Crippen LogP contribution in [0, 0.1) is 0 Å². The van der Waals surface area contributed by atoms with E-state index in [1.54, 1.807) is 0 Å². The van der Waals surface area contributed by atoms with E-state index in [-0.39, 0.29) is 0 Å². The Kier molecular flexibility index (Phi) is 7.46. The van der Waals surface area contributed by atoms with Crippen molar-refractivity contribution in [2.75, 3.05) is 9.80 Å². The number of hydrogen-bond acceptors (Lipinski definition) is 3. The van der Waals surface area contributed by atoms with Crippen molar-refractivity contribution in [3.8, 4) is 28.3 Å². The molecular formula is C52H35N3O. The summed E-state index contributed by atoms with van der Waals surface area (Å²) in [5, 5.41) is 4.84. The summed E-state index contributed by atoms with van der Waals surface area (Å²) in [6, 6.07) is 75.6. The van der Waals surface area contributed by atoms with Crippen LogP contribution in [0.25, 0.3) is 49.4 Å². The highest BCUT2D eigenvalue weighted by atomic mass is 16.5. The lowest BCUT2D eigenvalue weighted by atomic mass is 10.0. The fourth-order valence-corrected chi connectivity index (χ4v) is 8.38. The molecule has 0 aliphatic carbocycles. The number of ether oxygens (including phenoxy) is 1. The largest absolute Gasteiger partial charge is 0.453 e. The summed E-state index contributed by atoms with van der Waals surface area (Å²) in [4.78, 5) is 4.67. The SMILES string of the molecule is c1ccc(N2c3ccccc3Oc3cc(-c4ccc(N(c5ccc6c(c5)c5ccccc5n6-c5ccccc5)c5cccc6ccccc56)cc4)ccc32)cc1. The normalized spacial score (nSPS) is 12.0. The first kappa shape index (κ1) is 31.9. The van der Waals surface area contributed by atoms with E-state index in [0.29, 0.717) is 0 Å². The Bertz CT molecular complexity index is 3060. The van der Waals surface area contributed by atoms with E-state index in [0.717, 1.165) is 62.4 Å². The van der Waals surface area contributed by atoms with Gasteiger partial charge in [-0.3, -0.25) is 0 Å². The molecule has 11 rings (SSSR count). The Hall–Kier alpha value is -7.56. The van der Waals surface area contributed by atoms with Crippen LogP contribution in [-0.2, 0) is 0 Å². The summed E-state index contributed by atoms with van der Waals surface area (Å²) in [6.07, 6.45) is 0. The topological polar surface area (TPSA) is 20.6 Å². The predicted molar refractivity (Wildman–Crippen MR) is 233 cm³/mol. The van der Waals surface area contributed by atoms with Crippen molar-refractivity contribution in [3.63, 3.8) is 0 Å². The number of benzene rings is 9. The van der Waals surface area contributed by atoms with Crippen molar-refractivity contribution in [3.05, 3.63) is 212 Å². The molecule has 0 saturated carbocycles. The Balaban J connectivity index is 1.03. The van der Waals surface area contributed by atoms with Crippen LogP contribution in [0.2, 0.25) is 0 Å². The molecule has 0 N–H and O–H groups in total. The van der Waals surface area contributed by atoms with Gasteiger partial charge in [0.2, 0.25) is 0 Å². The second kappa shape index (κ2) is 13.1. The Labute approximate surface area is 325 Å². The third kappa shape index (κ3) is 5.23. The molecule has 1 aliphatic rings. The number of para-hydroxylation sites is 5. The van der Waals surface area contributed by atoms with E-state index >= 15 is 0 Å². The quantitative estimate of drug-likeness (QED) is 0.171. The highest BCUT2D eigenvalue weighted by molar-refractivity contribution is 6.11. The Morgan fingerprint density at radius 1 is 0.375 bits per heavy atom. The number of hydrogen-bond donors (Lipinski definition) is 0. The summed E-state index contributed by atoms with van der Waals surface area (Å²) >= 11 is 0. The van der Waals surface area contributed by atoms with Crippen molar-refractivity contribution in [1.29, 1.82) is 0 Å². The van der Waals surface area contributed by atoms with Gasteiger partial charge in [0, 0.05) is 38.9 Å². The highest BCUT2D eigenvalue weighted by Gasteiger charge is 2.26. The van der Waals surface area contributed by atoms with Gasteiger partial charge in [0.1, 0.15) is 0 Å². The van der Waals surface area contributed by atoms with Gasteiger partial charge in [-0.15, -0.1) is 0 Å². The van der Waals surface area contributed by atoms with Gasteiger partial charge in [-0.2, -0.15) is 0 Å². The average molecular weight is 718 g/mol. The molecule has 0 amide bonds. The van der Waals surface area contributed by atoms with Crippen LogP contribution in [0.5, 0.6) is 11.5 Å². The zero-order valence-corrected chi connectivity index (χ0v) is 30.5. The number of anilines is 6. The molecule has 0 spiro atoms. The summed E-state index contributed by atoms with van der Waals surface area (Å²) < 4.78 is 8.92. The molecule has 9 aromatic carbocycles. The molecule has 56 heavy (non-hydrogen) atoms. The van der Waals surface area contributed by atoms with Gasteiger partial charge >= 0.3 is 0 Å². The molecule has 10 aromatic rings. The predicted octanol–water partition coefficient (Wildman–Crippen LogP) is 14.6. The van der Waals surface area contributed by atoms with Gasteiger partial charge in [0.05, 0.1) is 28.1 Å². The van der Waals surface area contributed by atoms with Gasteiger partial charge in [-0.1, -0.05) is 121 Å². The lowest BCUT2D eigenvalue weighted by Gasteiger charge is -2.33. The van der Waals surface area contributed by atoms with Crippen LogP contribution in [0.3, 0.4) is 0 Å². The lowest BCUT2D eigenvalue weighted by Crippen LogP contribution is -2.15. The molecule has 2 heterocycles. The minimum Gasteiger partial charge on any atom is -0.453 e. The minimum absolute atomic E-state index is 0.828. The molecule has 4 heteroatoms. The van der Waals surface area contributed by atoms with E-state index in [1.807, 2.05) is 18.2 Å². The average Bonchev–Trinajstić information content (AvgIpc) is 3.60. The molecule has 0 unspecified atom stereocenters. The van der Waals surface area contributed by atoms with Crippen LogP contribution in [0.4, 0.5) is 34.1 Å². The van der Waals surface area contributed by atoms with E-state index in [1.165, 1.54) is 32.6 Å². The van der Waals surface area contributed by atoms with Gasteiger partial charge in [-0.25, -0.2) is 0 Å². The first-order chi connectivity index (χ1) is 27.8. The monoisotopic (exact) mass is 717 g/mol. The Morgan fingerprint density at radius 3 is 1.84 bits per heavy atom. The van der Waals surface area contributed by atoms with E-state index < -0.39 is 0 Å². The summed E-state index contributed by atoms with van der Waals surface area (Å²) in [7, 11) is 0. The summed E-state index contributed by atoms with van der Waals surface area (Å²) in [5.41, 5.74) is 12.2. The molecule has 1 aliphatic heterocycles. The summed E-state index contributed by atoms with van der Waals surface area (Å²) in [5.74, 6) is 1.67. The van der Waals surface area contributed by atoms with Crippen LogP contribution in [-0.4, -0.2) is 4.57 Å². The molecule has 0 fully saturated rings. The van der Waals surface area contributed by atoms with E-state index in [4.69, 9.17) is 4.74 Å². The first-order valence-corrected chi connectivity index (χ1v) is 19.0. The second-order valence-electron chi connectivity index (χ2n) is 14.2. The summed E-state index contributed by atoms with van der Waals surface area (Å²) in [6.45, 7) is 0. The number of nitrogens with zero attached hydrogens (tertiary/aromatic N) is 3. The fourth-order valence-electron chi connectivity index (χ4n) is 8.38. The molecule has 0 saturated heterocycles. The van der Waals surface area contributed by atoms with Gasteiger partial charge in [0.15, 0.2) is 11.5 Å². The maximum absolute atomic E-state index is 6.55. The van der Waals surface area contributed by atoms with Gasteiger partial charge in [0.25, 0.3) is 0 Å². The van der Waals surface area contributed by atoms with Crippen molar-refractivity contribution >= 4 is 66.7 Å². The molecule has 0 radical (unpaired) electrons. The van der Waals surface area contributed by atoms with Crippen LogP contribution >= 0.6 is 0 Å². The molecule has 264 valence electrons. The lowest BCUT2D eigenvalue weighted by molar-refractivity contribution is 0.477. The number of aromatic nitrogens is 1. The van der Waals surface area contributed by atoms with Gasteiger partial charge in [-0.05, 0) is 108 Å². The van der Waals surface area contributed by atoms with Crippen molar-refractivity contribution in [2.24, 2.45) is 0 Å².